The Kier molecular flexibility index (Phi) is 13.8. The van der Waals surface area contributed by atoms with Crippen molar-refractivity contribution in [3.05, 3.63) is 126 Å². The molecule has 0 bridgehead atoms. The van der Waals surface area contributed by atoms with E-state index in [0.717, 1.165) is 47.6 Å². The number of halogens is 1. The lowest BCUT2D eigenvalue weighted by molar-refractivity contribution is -0.256. The summed E-state index contributed by atoms with van der Waals surface area (Å²) in [7, 11) is 1.34. The number of amides is 1. The minimum absolute atomic E-state index is 0.0245. The second kappa shape index (κ2) is 19.2. The summed E-state index contributed by atoms with van der Waals surface area (Å²) < 4.78 is 40.7. The predicted molar refractivity (Wildman–Crippen MR) is 234 cm³/mol. The first kappa shape index (κ1) is 43.8. The SMILES string of the molecule is C=CCO[C@@]12Oc3ccc(Oc4ccc5ccccc5c4)cc3[C@H]3[C@H](CCCCO)[C@@H](CCCCO)C=C(C(=NOC(C)(C)C)C[C@@H]1N(Cc1ccc(F)cc1)C(=O)OC)[C@H]32. The molecule has 3 aliphatic rings. The van der Waals surface area contributed by atoms with Gasteiger partial charge in [0.25, 0.3) is 0 Å². The third kappa shape index (κ3) is 9.64. The largest absolute Gasteiger partial charge is 0.459 e. The Hall–Kier alpha value is -5.23. The van der Waals surface area contributed by atoms with Crippen molar-refractivity contribution >= 4 is 22.6 Å². The molecule has 1 heterocycles. The number of hydrogen-bond donors (Lipinski definition) is 2. The van der Waals surface area contributed by atoms with E-state index in [-0.39, 0.29) is 56.4 Å². The van der Waals surface area contributed by atoms with Gasteiger partial charge in [0.1, 0.15) is 34.7 Å². The van der Waals surface area contributed by atoms with Crippen LogP contribution in [0.1, 0.15) is 82.8 Å². The summed E-state index contributed by atoms with van der Waals surface area (Å²) in [4.78, 5) is 22.0. The number of aliphatic hydroxyl groups is 2. The topological polar surface area (TPSA) is 119 Å². The zero-order chi connectivity index (χ0) is 43.1. The monoisotopic (exact) mass is 834 g/mol. The molecule has 0 radical (unpaired) electrons. The van der Waals surface area contributed by atoms with Crippen LogP contribution in [0.5, 0.6) is 17.2 Å². The van der Waals surface area contributed by atoms with Crippen LogP contribution in [0, 0.1) is 23.6 Å². The van der Waals surface area contributed by atoms with E-state index < -0.39 is 29.4 Å². The predicted octanol–water partition coefficient (Wildman–Crippen LogP) is 10.5. The summed E-state index contributed by atoms with van der Waals surface area (Å²) in [6.07, 6.45) is 8.07. The number of rotatable bonds is 17. The first-order valence-electron chi connectivity index (χ1n) is 21.5. The van der Waals surface area contributed by atoms with Gasteiger partial charge in [-0.2, -0.15) is 0 Å². The molecule has 7 rings (SSSR count). The number of aliphatic hydroxyl groups excluding tert-OH is 2. The molecule has 2 aliphatic carbocycles. The summed E-state index contributed by atoms with van der Waals surface area (Å²) in [6.45, 7) is 10.2. The number of ether oxygens (including phenoxy) is 4. The lowest BCUT2D eigenvalue weighted by atomic mass is 9.55. The van der Waals surface area contributed by atoms with Gasteiger partial charge in [0, 0.05) is 37.7 Å². The molecule has 0 saturated heterocycles. The van der Waals surface area contributed by atoms with Crippen LogP contribution in [0.3, 0.4) is 0 Å². The van der Waals surface area contributed by atoms with Crippen LogP contribution in [0.4, 0.5) is 9.18 Å². The summed E-state index contributed by atoms with van der Waals surface area (Å²) in [5.74, 6) is -0.624. The van der Waals surface area contributed by atoms with E-state index in [0.29, 0.717) is 41.4 Å². The highest BCUT2D eigenvalue weighted by Gasteiger charge is 2.65. The van der Waals surface area contributed by atoms with Crippen molar-refractivity contribution in [2.45, 2.75) is 95.6 Å². The van der Waals surface area contributed by atoms with Crippen LogP contribution in [0.25, 0.3) is 10.8 Å². The Morgan fingerprint density at radius 3 is 2.36 bits per heavy atom. The molecule has 11 heteroatoms. The fourth-order valence-electron chi connectivity index (χ4n) is 9.48. The van der Waals surface area contributed by atoms with Crippen molar-refractivity contribution in [3.8, 4) is 17.2 Å². The van der Waals surface area contributed by atoms with Crippen LogP contribution in [0.15, 0.2) is 114 Å². The highest BCUT2D eigenvalue weighted by atomic mass is 19.1. The van der Waals surface area contributed by atoms with Gasteiger partial charge in [-0.1, -0.05) is 72.6 Å². The fourth-order valence-corrected chi connectivity index (χ4v) is 9.48. The zero-order valence-corrected chi connectivity index (χ0v) is 35.7. The van der Waals surface area contributed by atoms with Crippen LogP contribution < -0.4 is 9.47 Å². The molecule has 1 fully saturated rings. The molecular formula is C50H59FN2O8. The van der Waals surface area contributed by atoms with Gasteiger partial charge >= 0.3 is 6.09 Å². The maximum Gasteiger partial charge on any atom is 0.410 e. The third-order valence-corrected chi connectivity index (χ3v) is 12.1. The molecule has 0 spiro atoms. The number of carbonyl (C=O) groups excluding carboxylic acids is 1. The highest BCUT2D eigenvalue weighted by Crippen LogP contribution is 2.62. The minimum Gasteiger partial charge on any atom is -0.459 e. The van der Waals surface area contributed by atoms with Gasteiger partial charge in [-0.05, 0) is 123 Å². The van der Waals surface area contributed by atoms with Crippen molar-refractivity contribution in [2.75, 3.05) is 26.9 Å². The van der Waals surface area contributed by atoms with E-state index in [9.17, 15) is 19.4 Å². The van der Waals surface area contributed by atoms with Crippen molar-refractivity contribution in [3.63, 3.8) is 0 Å². The lowest BCUT2D eigenvalue weighted by Gasteiger charge is -2.59. The van der Waals surface area contributed by atoms with Gasteiger partial charge in [-0.15, -0.1) is 6.58 Å². The van der Waals surface area contributed by atoms with Crippen molar-refractivity contribution in [2.24, 2.45) is 22.9 Å². The summed E-state index contributed by atoms with van der Waals surface area (Å²) in [5, 5.41) is 26.9. The van der Waals surface area contributed by atoms with Gasteiger partial charge < -0.3 is 34.0 Å². The molecule has 324 valence electrons. The molecule has 6 atom stereocenters. The average Bonchev–Trinajstić information content (AvgIpc) is 3.25. The third-order valence-electron chi connectivity index (χ3n) is 12.1. The van der Waals surface area contributed by atoms with E-state index in [1.165, 1.54) is 19.2 Å². The van der Waals surface area contributed by atoms with Crippen molar-refractivity contribution in [1.82, 2.24) is 4.90 Å². The molecule has 0 aromatic heterocycles. The number of carbonyl (C=O) groups is 1. The Bertz CT molecular complexity index is 2220. The van der Waals surface area contributed by atoms with E-state index in [1.54, 1.807) is 23.1 Å². The summed E-state index contributed by atoms with van der Waals surface area (Å²) >= 11 is 0. The fraction of sp³-hybridized carbons (Fsp3) is 0.440. The maximum absolute atomic E-state index is 14.2. The van der Waals surface area contributed by atoms with Crippen LogP contribution >= 0.6 is 0 Å². The number of benzene rings is 4. The molecule has 1 saturated carbocycles. The van der Waals surface area contributed by atoms with Crippen LogP contribution in [0.2, 0.25) is 0 Å². The quantitative estimate of drug-likeness (QED) is 0.0613. The second-order valence-corrected chi connectivity index (χ2v) is 17.3. The Labute approximate surface area is 358 Å². The molecule has 2 N–H and O–H groups in total. The Morgan fingerprint density at radius 2 is 1.66 bits per heavy atom. The summed E-state index contributed by atoms with van der Waals surface area (Å²) in [6, 6.07) is 25.3. The van der Waals surface area contributed by atoms with Gasteiger partial charge in [-0.25, -0.2) is 9.18 Å². The molecule has 61 heavy (non-hydrogen) atoms. The first-order valence-corrected chi connectivity index (χ1v) is 21.5. The number of allylic oxidation sites excluding steroid dienone is 1. The second-order valence-electron chi connectivity index (χ2n) is 17.3. The first-order chi connectivity index (χ1) is 29.5. The number of oxime groups is 1. The van der Waals surface area contributed by atoms with Crippen molar-refractivity contribution < 1.29 is 43.2 Å². The summed E-state index contributed by atoms with van der Waals surface area (Å²) in [5.41, 5.74) is 2.58. The van der Waals surface area contributed by atoms with E-state index in [4.69, 9.17) is 28.9 Å². The molecule has 10 nitrogen and oxygen atoms in total. The van der Waals surface area contributed by atoms with E-state index in [1.807, 2.05) is 63.2 Å². The lowest BCUT2D eigenvalue weighted by Crippen LogP contribution is -2.70. The number of methoxy groups -OCH3 is 1. The van der Waals surface area contributed by atoms with Gasteiger partial charge in [0.15, 0.2) is 0 Å². The minimum atomic E-state index is -1.49. The Morgan fingerprint density at radius 1 is 0.951 bits per heavy atom. The Balaban J connectivity index is 1.45. The average molecular weight is 835 g/mol. The number of unbranched alkanes of at least 4 members (excludes halogenated alkanes) is 2. The number of fused-ring (bicyclic) bond motifs is 3. The number of hydrogen-bond acceptors (Lipinski definition) is 9. The van der Waals surface area contributed by atoms with Crippen molar-refractivity contribution in [1.29, 1.82) is 0 Å². The van der Waals surface area contributed by atoms with Crippen LogP contribution in [-0.4, -0.2) is 71.3 Å². The molecule has 4 aromatic rings. The van der Waals surface area contributed by atoms with Gasteiger partial charge in [0.2, 0.25) is 5.79 Å². The number of nitrogens with zero attached hydrogens (tertiary/aromatic N) is 2. The van der Waals surface area contributed by atoms with Gasteiger partial charge in [-0.3, -0.25) is 4.90 Å². The van der Waals surface area contributed by atoms with E-state index in [2.05, 4.69) is 30.9 Å². The highest BCUT2D eigenvalue weighted by molar-refractivity contribution is 6.03. The molecule has 1 amide bonds. The normalized spacial score (nSPS) is 23.6. The van der Waals surface area contributed by atoms with E-state index >= 15 is 0 Å². The van der Waals surface area contributed by atoms with Crippen LogP contribution in [-0.2, 0) is 20.9 Å². The maximum atomic E-state index is 14.2. The standard InChI is InChI=1S/C50H59FN2O8/c1-6-27-58-50-45(53(48(56)57-5)32-33-17-20-37(51)21-18-33)31-43(52-61-49(2,3)4)41-29-36(15-9-11-25-54)40(16-10-12-26-55)46(47(41)50)42-30-39(23-24-44(42)60-50)59-38-22-19-34-13-7-8-14-35(34)28-38/h6-8,13-14,17-24,28-30,36,40,45-47,54-55H,1,9-12,15-16,25-27,31-32H2,2-5H3/t36-,40+,45-,46+,47+,50+/m0/s1. The molecule has 0 unspecified atom stereocenters. The molecule has 4 aromatic carbocycles. The zero-order valence-electron chi connectivity index (χ0n) is 35.7. The smallest absolute Gasteiger partial charge is 0.410 e. The molecular weight excluding hydrogens is 776 g/mol. The molecule has 1 aliphatic heterocycles. The van der Waals surface area contributed by atoms with Gasteiger partial charge in [0.05, 0.1) is 25.3 Å².